The van der Waals surface area contributed by atoms with E-state index in [1.165, 1.54) is 24.3 Å². The molecule has 0 aliphatic carbocycles. The van der Waals surface area contributed by atoms with E-state index in [-0.39, 0.29) is 17.7 Å². The molecule has 0 aliphatic heterocycles. The summed E-state index contributed by atoms with van der Waals surface area (Å²) >= 11 is 3.12. The van der Waals surface area contributed by atoms with E-state index in [0.29, 0.717) is 4.47 Å². The molecule has 0 atom stereocenters. The van der Waals surface area contributed by atoms with E-state index < -0.39 is 23.5 Å². The number of rotatable bonds is 3. The molecule has 2 aromatic rings. The summed E-state index contributed by atoms with van der Waals surface area (Å²) in [6.07, 6.45) is -4.45. The quantitative estimate of drug-likeness (QED) is 0.784. The molecular formula is C15H10BrF4NO. The standard InChI is InChI=1S/C15H10BrF4NO/c16-11-4-5-13(17)12(7-11)14(22)21-8-9-2-1-3-10(6-9)15(18,19)20/h1-7H,8H2,(H,21,22). The monoisotopic (exact) mass is 375 g/mol. The normalized spacial score (nSPS) is 11.3. The van der Waals surface area contributed by atoms with Gasteiger partial charge >= 0.3 is 6.18 Å². The van der Waals surface area contributed by atoms with E-state index in [1.54, 1.807) is 0 Å². The Hall–Kier alpha value is -1.89. The highest BCUT2D eigenvalue weighted by Crippen LogP contribution is 2.29. The van der Waals surface area contributed by atoms with Gasteiger partial charge in [-0.2, -0.15) is 13.2 Å². The molecule has 2 nitrogen and oxygen atoms in total. The molecular weight excluding hydrogens is 366 g/mol. The molecule has 22 heavy (non-hydrogen) atoms. The summed E-state index contributed by atoms with van der Waals surface area (Å²) in [6, 6.07) is 8.46. The minimum Gasteiger partial charge on any atom is -0.348 e. The summed E-state index contributed by atoms with van der Waals surface area (Å²) in [6.45, 7) is -0.130. The van der Waals surface area contributed by atoms with Gasteiger partial charge in [0.15, 0.2) is 0 Å². The SMILES string of the molecule is O=C(NCc1cccc(C(F)(F)F)c1)c1cc(Br)ccc1F. The molecule has 0 spiro atoms. The minimum absolute atomic E-state index is 0.130. The van der Waals surface area contributed by atoms with Crippen molar-refractivity contribution in [2.24, 2.45) is 0 Å². The number of halogens is 5. The summed E-state index contributed by atoms with van der Waals surface area (Å²) in [5, 5.41) is 2.39. The van der Waals surface area contributed by atoms with Gasteiger partial charge in [-0.05, 0) is 35.9 Å². The van der Waals surface area contributed by atoms with Crippen LogP contribution in [0.3, 0.4) is 0 Å². The number of carbonyl (C=O) groups is 1. The number of hydrogen-bond acceptors (Lipinski definition) is 1. The fraction of sp³-hybridized carbons (Fsp3) is 0.133. The Balaban J connectivity index is 2.10. The molecule has 0 radical (unpaired) electrons. The van der Waals surface area contributed by atoms with Crippen molar-refractivity contribution in [3.05, 3.63) is 69.4 Å². The van der Waals surface area contributed by atoms with E-state index in [0.717, 1.165) is 18.2 Å². The van der Waals surface area contributed by atoms with Gasteiger partial charge in [0.2, 0.25) is 0 Å². The lowest BCUT2D eigenvalue weighted by molar-refractivity contribution is -0.137. The summed E-state index contributed by atoms with van der Waals surface area (Å²) < 4.78 is 51.8. The van der Waals surface area contributed by atoms with Crippen LogP contribution in [-0.4, -0.2) is 5.91 Å². The summed E-state index contributed by atoms with van der Waals surface area (Å²) in [7, 11) is 0. The zero-order valence-corrected chi connectivity index (χ0v) is 12.6. The maximum Gasteiger partial charge on any atom is 0.416 e. The van der Waals surface area contributed by atoms with E-state index in [1.807, 2.05) is 0 Å². The first kappa shape index (κ1) is 16.5. The Labute approximate surface area is 132 Å². The molecule has 0 unspecified atom stereocenters. The Morgan fingerprint density at radius 2 is 1.86 bits per heavy atom. The molecule has 2 aromatic carbocycles. The number of nitrogens with one attached hydrogen (secondary N) is 1. The predicted octanol–water partition coefficient (Wildman–Crippen LogP) is 4.54. The van der Waals surface area contributed by atoms with Crippen LogP contribution in [0.4, 0.5) is 17.6 Å². The lowest BCUT2D eigenvalue weighted by Crippen LogP contribution is -2.24. The van der Waals surface area contributed by atoms with Crippen LogP contribution in [0.2, 0.25) is 0 Å². The summed E-state index contributed by atoms with van der Waals surface area (Å²) in [5.74, 6) is -1.40. The molecule has 2 rings (SSSR count). The molecule has 0 aromatic heterocycles. The Bertz CT molecular complexity index is 700. The first-order valence-corrected chi connectivity index (χ1v) is 6.96. The van der Waals surface area contributed by atoms with Crippen molar-refractivity contribution in [1.29, 1.82) is 0 Å². The molecule has 0 fully saturated rings. The highest BCUT2D eigenvalue weighted by Gasteiger charge is 2.30. The summed E-state index contributed by atoms with van der Waals surface area (Å²) in [5.41, 5.74) is -0.701. The molecule has 0 heterocycles. The smallest absolute Gasteiger partial charge is 0.348 e. The second kappa shape index (κ2) is 6.48. The fourth-order valence-electron chi connectivity index (χ4n) is 1.81. The van der Waals surface area contributed by atoms with Gasteiger partial charge in [-0.25, -0.2) is 4.39 Å². The van der Waals surface area contributed by atoms with Crippen molar-refractivity contribution in [2.75, 3.05) is 0 Å². The number of hydrogen-bond donors (Lipinski definition) is 1. The first-order chi connectivity index (χ1) is 10.3. The third kappa shape index (κ3) is 4.07. The molecule has 0 bridgehead atoms. The summed E-state index contributed by atoms with van der Waals surface area (Å²) in [4.78, 5) is 11.9. The largest absolute Gasteiger partial charge is 0.416 e. The van der Waals surface area contributed by atoms with Gasteiger partial charge in [0.1, 0.15) is 5.82 Å². The van der Waals surface area contributed by atoms with Crippen molar-refractivity contribution in [3.63, 3.8) is 0 Å². The maximum absolute atomic E-state index is 13.5. The van der Waals surface area contributed by atoms with E-state index in [2.05, 4.69) is 21.2 Å². The van der Waals surface area contributed by atoms with Crippen LogP contribution in [0.1, 0.15) is 21.5 Å². The Morgan fingerprint density at radius 3 is 2.55 bits per heavy atom. The van der Waals surface area contributed by atoms with Crippen LogP contribution < -0.4 is 5.32 Å². The second-order valence-corrected chi connectivity index (χ2v) is 5.42. The maximum atomic E-state index is 13.5. The van der Waals surface area contributed by atoms with Gasteiger partial charge in [-0.1, -0.05) is 28.1 Å². The first-order valence-electron chi connectivity index (χ1n) is 6.17. The number of benzene rings is 2. The Kier molecular flexibility index (Phi) is 4.85. The van der Waals surface area contributed by atoms with Crippen molar-refractivity contribution < 1.29 is 22.4 Å². The van der Waals surface area contributed by atoms with E-state index in [9.17, 15) is 22.4 Å². The van der Waals surface area contributed by atoms with Gasteiger partial charge in [-0.3, -0.25) is 4.79 Å². The van der Waals surface area contributed by atoms with Crippen LogP contribution in [0.5, 0.6) is 0 Å². The van der Waals surface area contributed by atoms with Gasteiger partial charge in [0.05, 0.1) is 11.1 Å². The van der Waals surface area contributed by atoms with Crippen LogP contribution in [0.25, 0.3) is 0 Å². The molecule has 1 amide bonds. The van der Waals surface area contributed by atoms with Crippen molar-refractivity contribution >= 4 is 21.8 Å². The van der Waals surface area contributed by atoms with Crippen LogP contribution in [0, 0.1) is 5.82 Å². The zero-order valence-electron chi connectivity index (χ0n) is 11.0. The van der Waals surface area contributed by atoms with Crippen LogP contribution >= 0.6 is 15.9 Å². The van der Waals surface area contributed by atoms with Crippen LogP contribution in [-0.2, 0) is 12.7 Å². The third-order valence-corrected chi connectivity index (χ3v) is 3.37. The number of carbonyl (C=O) groups excluding carboxylic acids is 1. The number of alkyl halides is 3. The molecule has 1 N–H and O–H groups in total. The molecule has 116 valence electrons. The minimum atomic E-state index is -4.45. The van der Waals surface area contributed by atoms with E-state index >= 15 is 0 Å². The number of amides is 1. The molecule has 7 heteroatoms. The molecule has 0 aliphatic rings. The van der Waals surface area contributed by atoms with Gasteiger partial charge < -0.3 is 5.32 Å². The second-order valence-electron chi connectivity index (χ2n) is 4.50. The fourth-order valence-corrected chi connectivity index (χ4v) is 2.17. The Morgan fingerprint density at radius 1 is 1.14 bits per heavy atom. The lowest BCUT2D eigenvalue weighted by atomic mass is 10.1. The van der Waals surface area contributed by atoms with Gasteiger partial charge in [-0.15, -0.1) is 0 Å². The average molecular weight is 376 g/mol. The highest BCUT2D eigenvalue weighted by molar-refractivity contribution is 9.10. The van der Waals surface area contributed by atoms with Crippen molar-refractivity contribution in [3.8, 4) is 0 Å². The van der Waals surface area contributed by atoms with Crippen LogP contribution in [0.15, 0.2) is 46.9 Å². The van der Waals surface area contributed by atoms with Gasteiger partial charge in [0, 0.05) is 11.0 Å². The van der Waals surface area contributed by atoms with Gasteiger partial charge in [0.25, 0.3) is 5.91 Å². The average Bonchev–Trinajstić information content (AvgIpc) is 2.47. The van der Waals surface area contributed by atoms with E-state index in [4.69, 9.17) is 0 Å². The zero-order chi connectivity index (χ0) is 16.3. The van der Waals surface area contributed by atoms with Crippen molar-refractivity contribution in [1.82, 2.24) is 5.32 Å². The molecule has 0 saturated heterocycles. The highest BCUT2D eigenvalue weighted by atomic mass is 79.9. The lowest BCUT2D eigenvalue weighted by Gasteiger charge is -2.10. The topological polar surface area (TPSA) is 29.1 Å². The van der Waals surface area contributed by atoms with Crippen molar-refractivity contribution in [2.45, 2.75) is 12.7 Å². The molecule has 0 saturated carbocycles. The predicted molar refractivity (Wildman–Crippen MR) is 76.7 cm³/mol. The third-order valence-electron chi connectivity index (χ3n) is 2.88.